The quantitative estimate of drug-likeness (QED) is 0.659. The number of phenolic OH excluding ortho intramolecular Hbond substituents is 1. The lowest BCUT2D eigenvalue weighted by Crippen LogP contribution is -2.35. The second kappa shape index (κ2) is 4.98. The standard InChI is InChI=1S/C18H16N2O2/c21-17-14-6-2-1-4-11(14)8-9-15(17)18(22)20-19-16-10-12-5-3-7-13(12)16/h1-6,8-9,12-13,21H,7,10H2,(H,20,22)/b19-16-/t12-,13+/m0/s1. The number of nitrogens with zero attached hydrogens (tertiary/aromatic N) is 1. The van der Waals surface area contributed by atoms with Gasteiger partial charge in [0.1, 0.15) is 5.75 Å². The SMILES string of the molecule is O=C(N/N=C1/C[C@@H]2C=CC[C@@H]12)c1ccc2ccccc2c1O. The summed E-state index contributed by atoms with van der Waals surface area (Å²) in [6.07, 6.45) is 6.33. The molecule has 2 aliphatic carbocycles. The second-order valence-electron chi connectivity index (χ2n) is 5.87. The first kappa shape index (κ1) is 13.1. The molecule has 110 valence electrons. The van der Waals surface area contributed by atoms with Crippen molar-refractivity contribution in [1.29, 1.82) is 0 Å². The number of amides is 1. The van der Waals surface area contributed by atoms with Crippen LogP contribution in [0.1, 0.15) is 23.2 Å². The Balaban J connectivity index is 1.56. The molecule has 1 fully saturated rings. The Morgan fingerprint density at radius 1 is 1.23 bits per heavy atom. The topological polar surface area (TPSA) is 61.7 Å². The summed E-state index contributed by atoms with van der Waals surface area (Å²) in [5, 5.41) is 16.1. The number of allylic oxidation sites excluding steroid dienone is 2. The molecule has 1 saturated carbocycles. The molecule has 22 heavy (non-hydrogen) atoms. The van der Waals surface area contributed by atoms with Gasteiger partial charge in [-0.1, -0.05) is 42.5 Å². The summed E-state index contributed by atoms with van der Waals surface area (Å²) in [6.45, 7) is 0. The van der Waals surface area contributed by atoms with Gasteiger partial charge in [0.2, 0.25) is 0 Å². The van der Waals surface area contributed by atoms with Crippen LogP contribution in [-0.4, -0.2) is 16.7 Å². The van der Waals surface area contributed by atoms with Crippen molar-refractivity contribution in [2.75, 3.05) is 0 Å². The summed E-state index contributed by atoms with van der Waals surface area (Å²) < 4.78 is 0. The molecule has 0 radical (unpaired) electrons. The zero-order valence-corrected chi connectivity index (χ0v) is 12.0. The largest absolute Gasteiger partial charge is 0.506 e. The van der Waals surface area contributed by atoms with E-state index >= 15 is 0 Å². The molecule has 0 spiro atoms. The fourth-order valence-electron chi connectivity index (χ4n) is 3.28. The fourth-order valence-corrected chi connectivity index (χ4v) is 3.28. The lowest BCUT2D eigenvalue weighted by Gasteiger charge is -2.31. The molecule has 0 heterocycles. The van der Waals surface area contributed by atoms with Crippen LogP contribution in [0.5, 0.6) is 5.75 Å². The van der Waals surface area contributed by atoms with Crippen molar-refractivity contribution in [1.82, 2.24) is 5.43 Å². The molecular weight excluding hydrogens is 276 g/mol. The number of nitrogens with one attached hydrogen (secondary N) is 1. The Kier molecular flexibility index (Phi) is 2.96. The van der Waals surface area contributed by atoms with Crippen LogP contribution in [0.25, 0.3) is 10.8 Å². The number of carbonyl (C=O) groups is 1. The maximum Gasteiger partial charge on any atom is 0.275 e. The highest BCUT2D eigenvalue weighted by molar-refractivity contribution is 6.04. The number of aromatic hydroxyl groups is 1. The minimum absolute atomic E-state index is 0.00446. The van der Waals surface area contributed by atoms with E-state index in [-0.39, 0.29) is 17.2 Å². The van der Waals surface area contributed by atoms with Crippen molar-refractivity contribution in [2.45, 2.75) is 12.8 Å². The third-order valence-electron chi connectivity index (χ3n) is 4.61. The first-order chi connectivity index (χ1) is 10.7. The number of hydrazone groups is 1. The molecule has 4 rings (SSSR count). The van der Waals surface area contributed by atoms with E-state index in [1.807, 2.05) is 24.3 Å². The van der Waals surface area contributed by atoms with Gasteiger partial charge in [0, 0.05) is 17.0 Å². The molecule has 2 aromatic carbocycles. The first-order valence-corrected chi connectivity index (χ1v) is 7.48. The highest BCUT2D eigenvalue weighted by atomic mass is 16.3. The molecular formula is C18H16N2O2. The average Bonchev–Trinajstić information content (AvgIpc) is 2.89. The number of phenols is 1. The number of benzene rings is 2. The molecule has 0 aliphatic heterocycles. The zero-order chi connectivity index (χ0) is 15.1. The molecule has 1 amide bonds. The van der Waals surface area contributed by atoms with Gasteiger partial charge < -0.3 is 5.11 Å². The summed E-state index contributed by atoms with van der Waals surface area (Å²) >= 11 is 0. The molecule has 2 N–H and O–H groups in total. The molecule has 4 heteroatoms. The Hall–Kier alpha value is -2.62. The van der Waals surface area contributed by atoms with Crippen LogP contribution in [0.15, 0.2) is 53.7 Å². The maximum absolute atomic E-state index is 12.3. The number of rotatable bonds is 2. The highest BCUT2D eigenvalue weighted by Gasteiger charge is 2.38. The van der Waals surface area contributed by atoms with Crippen molar-refractivity contribution >= 4 is 22.4 Å². The van der Waals surface area contributed by atoms with Gasteiger partial charge in [0.25, 0.3) is 5.91 Å². The summed E-state index contributed by atoms with van der Waals surface area (Å²) in [7, 11) is 0. The van der Waals surface area contributed by atoms with Gasteiger partial charge in [-0.3, -0.25) is 4.79 Å². The lowest BCUT2D eigenvalue weighted by atomic mass is 9.74. The van der Waals surface area contributed by atoms with E-state index in [1.165, 1.54) is 0 Å². The summed E-state index contributed by atoms with van der Waals surface area (Å²) in [6, 6.07) is 10.9. The Morgan fingerprint density at radius 2 is 2.09 bits per heavy atom. The van der Waals surface area contributed by atoms with E-state index in [9.17, 15) is 9.90 Å². The number of carbonyl (C=O) groups excluding carboxylic acids is 1. The van der Waals surface area contributed by atoms with E-state index in [0.29, 0.717) is 17.2 Å². The predicted octanol–water partition coefficient (Wildman–Crippen LogP) is 3.23. The smallest absolute Gasteiger partial charge is 0.275 e. The van der Waals surface area contributed by atoms with Gasteiger partial charge in [-0.2, -0.15) is 5.10 Å². The van der Waals surface area contributed by atoms with Crippen LogP contribution in [0.3, 0.4) is 0 Å². The zero-order valence-electron chi connectivity index (χ0n) is 12.0. The van der Waals surface area contributed by atoms with Crippen molar-refractivity contribution in [3.8, 4) is 5.75 Å². The Bertz CT molecular complexity index is 823. The number of fused-ring (bicyclic) bond motifs is 2. The van der Waals surface area contributed by atoms with Crippen LogP contribution in [-0.2, 0) is 0 Å². The average molecular weight is 292 g/mol. The van der Waals surface area contributed by atoms with Crippen LogP contribution in [0.2, 0.25) is 0 Å². The third-order valence-corrected chi connectivity index (χ3v) is 4.61. The minimum Gasteiger partial charge on any atom is -0.506 e. The van der Waals surface area contributed by atoms with Gasteiger partial charge in [-0.15, -0.1) is 0 Å². The van der Waals surface area contributed by atoms with Crippen molar-refractivity contribution < 1.29 is 9.90 Å². The van der Waals surface area contributed by atoms with E-state index in [4.69, 9.17) is 0 Å². The fraction of sp³-hybridized carbons (Fsp3) is 0.222. The van der Waals surface area contributed by atoms with Crippen molar-refractivity contribution in [3.63, 3.8) is 0 Å². The molecule has 0 bridgehead atoms. The van der Waals surface area contributed by atoms with E-state index < -0.39 is 0 Å². The minimum atomic E-state index is -0.370. The van der Waals surface area contributed by atoms with E-state index in [1.54, 1.807) is 12.1 Å². The number of hydrogen-bond donors (Lipinski definition) is 2. The monoisotopic (exact) mass is 292 g/mol. The molecule has 0 aromatic heterocycles. The Morgan fingerprint density at radius 3 is 2.95 bits per heavy atom. The van der Waals surface area contributed by atoms with Crippen LogP contribution in [0, 0.1) is 11.8 Å². The predicted molar refractivity (Wildman–Crippen MR) is 85.9 cm³/mol. The van der Waals surface area contributed by atoms with Crippen molar-refractivity contribution in [3.05, 3.63) is 54.1 Å². The van der Waals surface area contributed by atoms with Crippen LogP contribution >= 0.6 is 0 Å². The summed E-state index contributed by atoms with van der Waals surface area (Å²) in [4.78, 5) is 12.3. The van der Waals surface area contributed by atoms with Crippen LogP contribution < -0.4 is 5.43 Å². The first-order valence-electron chi connectivity index (χ1n) is 7.48. The van der Waals surface area contributed by atoms with Gasteiger partial charge in [0.05, 0.1) is 5.56 Å². The van der Waals surface area contributed by atoms with Crippen molar-refractivity contribution in [2.24, 2.45) is 16.9 Å². The molecule has 0 saturated heterocycles. The van der Waals surface area contributed by atoms with Gasteiger partial charge in [0.15, 0.2) is 0 Å². The van der Waals surface area contributed by atoms with Gasteiger partial charge in [-0.25, -0.2) is 5.43 Å². The maximum atomic E-state index is 12.3. The molecule has 2 aliphatic rings. The number of hydrogen-bond acceptors (Lipinski definition) is 3. The second-order valence-corrected chi connectivity index (χ2v) is 5.87. The molecule has 0 unspecified atom stereocenters. The van der Waals surface area contributed by atoms with Gasteiger partial charge >= 0.3 is 0 Å². The highest BCUT2D eigenvalue weighted by Crippen LogP contribution is 2.40. The van der Waals surface area contributed by atoms with E-state index in [2.05, 4.69) is 22.7 Å². The third kappa shape index (κ3) is 1.99. The Labute approximate surface area is 128 Å². The van der Waals surface area contributed by atoms with E-state index in [0.717, 1.165) is 23.9 Å². The molecule has 2 atom stereocenters. The van der Waals surface area contributed by atoms with Gasteiger partial charge in [-0.05, 0) is 30.2 Å². The lowest BCUT2D eigenvalue weighted by molar-refractivity contribution is 0.0951. The normalized spacial score (nSPS) is 24.3. The summed E-state index contributed by atoms with van der Waals surface area (Å²) in [5.74, 6) is 0.699. The molecule has 2 aromatic rings. The van der Waals surface area contributed by atoms with Crippen LogP contribution in [0.4, 0.5) is 0 Å². The molecule has 4 nitrogen and oxygen atoms in total. The summed E-state index contributed by atoms with van der Waals surface area (Å²) in [5.41, 5.74) is 3.88.